The van der Waals surface area contributed by atoms with Crippen LogP contribution in [-0.4, -0.2) is 83.9 Å². The van der Waals surface area contributed by atoms with Crippen LogP contribution in [0, 0.1) is 0 Å². The first-order chi connectivity index (χ1) is 7.99. The molecule has 0 atom stereocenters. The van der Waals surface area contributed by atoms with E-state index in [4.69, 9.17) is 0 Å². The number of hydrogen-bond acceptors (Lipinski definition) is 5. The van der Waals surface area contributed by atoms with Crippen LogP contribution in [0.15, 0.2) is 0 Å². The van der Waals surface area contributed by atoms with E-state index in [-0.39, 0.29) is 5.75 Å². The predicted octanol–water partition coefficient (Wildman–Crippen LogP) is -1.63. The maximum atomic E-state index is 11.7. The fourth-order valence-electron chi connectivity index (χ4n) is 1.68. The Kier molecular flexibility index (Phi) is 6.35. The number of nitrogens with zero attached hydrogens (tertiary/aromatic N) is 2. The third kappa shape index (κ3) is 6.95. The van der Waals surface area contributed by atoms with E-state index < -0.39 is 10.0 Å². The summed E-state index contributed by atoms with van der Waals surface area (Å²) in [5.41, 5.74) is 0. The van der Waals surface area contributed by atoms with Crippen LogP contribution in [0.4, 0.5) is 0 Å². The molecule has 1 rings (SSSR count). The number of hydrogen-bond donors (Lipinski definition) is 2. The van der Waals surface area contributed by atoms with Crippen molar-refractivity contribution in [2.75, 3.05) is 65.7 Å². The Morgan fingerprint density at radius 2 is 1.94 bits per heavy atom. The van der Waals surface area contributed by atoms with Crippen molar-refractivity contribution in [3.63, 3.8) is 0 Å². The molecule has 1 saturated heterocycles. The van der Waals surface area contributed by atoms with E-state index in [0.717, 1.165) is 32.7 Å². The summed E-state index contributed by atoms with van der Waals surface area (Å²) < 4.78 is 26.0. The van der Waals surface area contributed by atoms with Crippen LogP contribution in [-0.2, 0) is 10.0 Å². The van der Waals surface area contributed by atoms with E-state index in [0.29, 0.717) is 13.1 Å². The van der Waals surface area contributed by atoms with Crippen molar-refractivity contribution in [3.8, 4) is 0 Å². The van der Waals surface area contributed by atoms with Crippen molar-refractivity contribution in [3.05, 3.63) is 0 Å². The molecular weight excluding hydrogens is 240 g/mol. The molecule has 6 nitrogen and oxygen atoms in total. The maximum Gasteiger partial charge on any atom is 0.212 e. The van der Waals surface area contributed by atoms with Gasteiger partial charge in [0, 0.05) is 45.8 Å². The molecule has 1 aliphatic heterocycles. The second-order valence-electron chi connectivity index (χ2n) is 4.61. The molecule has 1 aliphatic rings. The van der Waals surface area contributed by atoms with Crippen LogP contribution in [0.2, 0.25) is 0 Å². The highest BCUT2D eigenvalue weighted by atomic mass is 32.2. The minimum atomic E-state index is -3.12. The molecule has 102 valence electrons. The van der Waals surface area contributed by atoms with Gasteiger partial charge in [-0.1, -0.05) is 0 Å². The first-order valence-corrected chi connectivity index (χ1v) is 7.70. The van der Waals surface area contributed by atoms with Gasteiger partial charge in [-0.15, -0.1) is 0 Å². The first kappa shape index (κ1) is 14.8. The fraction of sp³-hybridized carbons (Fsp3) is 1.00. The van der Waals surface area contributed by atoms with Gasteiger partial charge in [0.1, 0.15) is 0 Å². The molecule has 0 unspecified atom stereocenters. The Morgan fingerprint density at radius 1 is 1.29 bits per heavy atom. The smallest absolute Gasteiger partial charge is 0.212 e. The molecule has 1 fully saturated rings. The van der Waals surface area contributed by atoms with Gasteiger partial charge in [0.25, 0.3) is 0 Å². The number of sulfonamides is 1. The third-order valence-corrected chi connectivity index (χ3v) is 4.13. The van der Waals surface area contributed by atoms with Crippen molar-refractivity contribution in [1.29, 1.82) is 0 Å². The lowest BCUT2D eigenvalue weighted by Gasteiger charge is -2.26. The lowest BCUT2D eigenvalue weighted by Crippen LogP contribution is -2.46. The topological polar surface area (TPSA) is 64.7 Å². The SMILES string of the molecule is CN(C)CCNS(=O)(=O)CCN1CCNCC1. The maximum absolute atomic E-state index is 11.7. The Bertz CT molecular complexity index is 299. The number of nitrogens with one attached hydrogen (secondary N) is 2. The summed E-state index contributed by atoms with van der Waals surface area (Å²) in [5, 5.41) is 3.25. The van der Waals surface area contributed by atoms with E-state index in [1.165, 1.54) is 0 Å². The van der Waals surface area contributed by atoms with Crippen LogP contribution in [0.1, 0.15) is 0 Å². The molecule has 0 bridgehead atoms. The average molecular weight is 264 g/mol. The second kappa shape index (κ2) is 7.27. The lowest BCUT2D eigenvalue weighted by molar-refractivity contribution is 0.253. The molecular formula is C10H24N4O2S. The summed E-state index contributed by atoms with van der Waals surface area (Å²) in [6.07, 6.45) is 0. The van der Waals surface area contributed by atoms with Crippen molar-refractivity contribution in [1.82, 2.24) is 19.8 Å². The number of likely N-dealkylation sites (N-methyl/N-ethyl adjacent to an activating group) is 1. The molecule has 0 radical (unpaired) electrons. The summed E-state index contributed by atoms with van der Waals surface area (Å²) in [6.45, 7) is 5.62. The largest absolute Gasteiger partial charge is 0.314 e. The molecule has 0 aliphatic carbocycles. The van der Waals surface area contributed by atoms with Gasteiger partial charge in [-0.05, 0) is 14.1 Å². The van der Waals surface area contributed by atoms with E-state index in [1.54, 1.807) is 0 Å². The van der Waals surface area contributed by atoms with Gasteiger partial charge in [-0.3, -0.25) is 4.90 Å². The number of rotatable bonds is 7. The minimum absolute atomic E-state index is 0.195. The van der Waals surface area contributed by atoms with Crippen molar-refractivity contribution < 1.29 is 8.42 Å². The summed E-state index contributed by atoms with van der Waals surface area (Å²) >= 11 is 0. The normalized spacial score (nSPS) is 18.8. The molecule has 0 saturated carbocycles. The Hall–Kier alpha value is -0.210. The molecule has 2 N–H and O–H groups in total. The monoisotopic (exact) mass is 264 g/mol. The summed E-state index contributed by atoms with van der Waals surface area (Å²) in [7, 11) is 0.736. The molecule has 7 heteroatoms. The van der Waals surface area contributed by atoms with Gasteiger partial charge >= 0.3 is 0 Å². The minimum Gasteiger partial charge on any atom is -0.314 e. The molecule has 0 aromatic heterocycles. The standard InChI is InChI=1S/C10H24N4O2S/c1-13(2)6-5-12-17(15,16)10-9-14-7-3-11-4-8-14/h11-12H,3-10H2,1-2H3. The van der Waals surface area contributed by atoms with Gasteiger partial charge < -0.3 is 10.2 Å². The zero-order valence-corrected chi connectivity index (χ0v) is 11.6. The van der Waals surface area contributed by atoms with Gasteiger partial charge in [0.2, 0.25) is 10.0 Å². The Labute approximate surface area is 104 Å². The summed E-state index contributed by atoms with van der Waals surface area (Å²) in [4.78, 5) is 4.14. The van der Waals surface area contributed by atoms with Crippen molar-refractivity contribution >= 4 is 10.0 Å². The van der Waals surface area contributed by atoms with Gasteiger partial charge in [-0.25, -0.2) is 13.1 Å². The highest BCUT2D eigenvalue weighted by Crippen LogP contribution is 1.94. The quantitative estimate of drug-likeness (QED) is 0.578. The van der Waals surface area contributed by atoms with Gasteiger partial charge in [0.05, 0.1) is 5.75 Å². The van der Waals surface area contributed by atoms with Crippen LogP contribution in [0.25, 0.3) is 0 Å². The van der Waals surface area contributed by atoms with Gasteiger partial charge in [-0.2, -0.15) is 0 Å². The zero-order valence-electron chi connectivity index (χ0n) is 10.8. The Balaban J connectivity index is 2.19. The summed E-state index contributed by atoms with van der Waals surface area (Å²) in [6, 6.07) is 0. The fourth-order valence-corrected chi connectivity index (χ4v) is 2.73. The highest BCUT2D eigenvalue weighted by Gasteiger charge is 2.14. The summed E-state index contributed by atoms with van der Waals surface area (Å²) in [5.74, 6) is 0.195. The average Bonchev–Trinajstić information content (AvgIpc) is 2.27. The second-order valence-corrected chi connectivity index (χ2v) is 6.53. The van der Waals surface area contributed by atoms with Crippen LogP contribution in [0.5, 0.6) is 0 Å². The van der Waals surface area contributed by atoms with Crippen molar-refractivity contribution in [2.45, 2.75) is 0 Å². The molecule has 0 spiro atoms. The Morgan fingerprint density at radius 3 is 2.53 bits per heavy atom. The lowest BCUT2D eigenvalue weighted by atomic mass is 10.4. The highest BCUT2D eigenvalue weighted by molar-refractivity contribution is 7.89. The molecule has 0 aromatic carbocycles. The van der Waals surface area contributed by atoms with Crippen LogP contribution < -0.4 is 10.0 Å². The predicted molar refractivity (Wildman–Crippen MR) is 69.7 cm³/mol. The van der Waals surface area contributed by atoms with E-state index >= 15 is 0 Å². The van der Waals surface area contributed by atoms with Crippen LogP contribution in [0.3, 0.4) is 0 Å². The molecule has 17 heavy (non-hydrogen) atoms. The van der Waals surface area contributed by atoms with E-state index in [1.807, 2.05) is 19.0 Å². The third-order valence-electron chi connectivity index (χ3n) is 2.77. The van der Waals surface area contributed by atoms with E-state index in [9.17, 15) is 8.42 Å². The first-order valence-electron chi connectivity index (χ1n) is 6.05. The van der Waals surface area contributed by atoms with Crippen LogP contribution >= 0.6 is 0 Å². The van der Waals surface area contributed by atoms with Crippen molar-refractivity contribution in [2.24, 2.45) is 0 Å². The molecule has 0 amide bonds. The van der Waals surface area contributed by atoms with Gasteiger partial charge in [0.15, 0.2) is 0 Å². The molecule has 1 heterocycles. The molecule has 0 aromatic rings. The zero-order chi connectivity index (χ0) is 12.7. The number of piperazine rings is 1. The van der Waals surface area contributed by atoms with E-state index in [2.05, 4.69) is 14.9 Å².